The summed E-state index contributed by atoms with van der Waals surface area (Å²) in [6.45, 7) is 0. The van der Waals surface area contributed by atoms with Gasteiger partial charge >= 0.3 is 65.3 Å². The van der Waals surface area contributed by atoms with Crippen LogP contribution in [-0.2, 0) is 4.84 Å². The van der Waals surface area contributed by atoms with E-state index in [1.54, 1.807) is 5.34 Å². The first-order valence-corrected chi connectivity index (χ1v) is 0.997. The molecular weight excluding hydrogens is 136 g/mol. The molecule has 0 saturated carbocycles. The van der Waals surface area contributed by atoms with E-state index in [9.17, 15) is 0 Å². The number of nitrogens with zero attached hydrogens (tertiary/aromatic N) is 1. The molecule has 0 radical (unpaired) electrons. The SMILES string of the molecule is O=NOC(=O)O.[NaH].[NaH]. The van der Waals surface area contributed by atoms with E-state index in [4.69, 9.17) is 14.8 Å². The van der Waals surface area contributed by atoms with Crippen LogP contribution >= 0.6 is 0 Å². The van der Waals surface area contributed by atoms with E-state index < -0.39 is 6.16 Å². The van der Waals surface area contributed by atoms with E-state index in [1.807, 2.05) is 0 Å². The summed E-state index contributed by atoms with van der Waals surface area (Å²) in [4.78, 5) is 20.9. The predicted molar refractivity (Wildman–Crippen MR) is 29.2 cm³/mol. The molecule has 5 nitrogen and oxygen atoms in total. The van der Waals surface area contributed by atoms with E-state index in [2.05, 4.69) is 4.84 Å². The molecule has 0 fully saturated rings. The molecule has 0 atom stereocenters. The fraction of sp³-hybridized carbons (Fsp3) is 0. The van der Waals surface area contributed by atoms with Gasteiger partial charge in [-0.3, -0.25) is 0 Å². The molecule has 0 saturated heterocycles. The van der Waals surface area contributed by atoms with Crippen molar-refractivity contribution in [3.8, 4) is 0 Å². The molecule has 0 rings (SSSR count). The zero-order valence-corrected chi connectivity index (χ0v) is 2.62. The van der Waals surface area contributed by atoms with Gasteiger partial charge in [0.1, 0.15) is 0 Å². The molecule has 0 aliphatic carbocycles. The van der Waals surface area contributed by atoms with Crippen molar-refractivity contribution in [1.82, 2.24) is 0 Å². The van der Waals surface area contributed by atoms with Crippen molar-refractivity contribution < 1.29 is 14.7 Å². The Bertz CT molecular complexity index is 74.4. The van der Waals surface area contributed by atoms with Crippen LogP contribution in [-0.4, -0.2) is 70.4 Å². The van der Waals surface area contributed by atoms with Crippen LogP contribution in [0, 0.1) is 4.91 Å². The zero-order chi connectivity index (χ0) is 4.99. The Hall–Kier alpha value is 0.870. The molecule has 0 amide bonds. The fourth-order valence-electron chi connectivity index (χ4n) is 0.0319. The first-order valence-electron chi connectivity index (χ1n) is 0.997. The summed E-state index contributed by atoms with van der Waals surface area (Å²) in [6.07, 6.45) is -1.69. The van der Waals surface area contributed by atoms with Gasteiger partial charge in [0, 0.05) is 0 Å². The van der Waals surface area contributed by atoms with Crippen molar-refractivity contribution in [2.75, 3.05) is 0 Å². The molecule has 8 heavy (non-hydrogen) atoms. The van der Waals surface area contributed by atoms with E-state index in [0.717, 1.165) is 0 Å². The zero-order valence-electron chi connectivity index (χ0n) is 2.62. The molecule has 0 aromatic rings. The van der Waals surface area contributed by atoms with Crippen molar-refractivity contribution in [3.63, 3.8) is 0 Å². The van der Waals surface area contributed by atoms with Gasteiger partial charge in [-0.2, -0.15) is 0 Å². The second kappa shape index (κ2) is 10.8. The molecule has 0 unspecified atom stereocenters. The first-order chi connectivity index (χ1) is 2.77. The third kappa shape index (κ3) is 15.8. The molecular formula is CH3NNa2O4. The van der Waals surface area contributed by atoms with Gasteiger partial charge in [0.05, 0.1) is 0 Å². The van der Waals surface area contributed by atoms with Crippen molar-refractivity contribution in [2.45, 2.75) is 0 Å². The second-order valence-corrected chi connectivity index (χ2v) is 0.432. The van der Waals surface area contributed by atoms with Crippen LogP contribution in [0.2, 0.25) is 0 Å². The predicted octanol–water partition coefficient (Wildman–Crippen LogP) is -0.935. The number of carbonyl (C=O) groups is 1. The Morgan fingerprint density at radius 1 is 1.50 bits per heavy atom. The number of hydrogen-bond acceptors (Lipinski definition) is 4. The third-order valence-electron chi connectivity index (χ3n) is 0.115. The fourth-order valence-corrected chi connectivity index (χ4v) is 0.0319. The molecule has 0 bridgehead atoms. The Kier molecular flexibility index (Phi) is 21.5. The van der Waals surface area contributed by atoms with Gasteiger partial charge in [-0.1, -0.05) is 0 Å². The van der Waals surface area contributed by atoms with Crippen molar-refractivity contribution in [3.05, 3.63) is 4.91 Å². The van der Waals surface area contributed by atoms with Crippen LogP contribution in [0.1, 0.15) is 0 Å². The van der Waals surface area contributed by atoms with Gasteiger partial charge < -0.3 is 5.11 Å². The third-order valence-corrected chi connectivity index (χ3v) is 0.115. The molecule has 7 heteroatoms. The number of hydrogen-bond donors (Lipinski definition) is 1. The van der Waals surface area contributed by atoms with Gasteiger partial charge in [0.15, 0.2) is 5.34 Å². The van der Waals surface area contributed by atoms with Gasteiger partial charge in [-0.15, -0.1) is 4.91 Å². The van der Waals surface area contributed by atoms with Gasteiger partial charge in [-0.05, 0) is 0 Å². The van der Waals surface area contributed by atoms with Gasteiger partial charge in [0.2, 0.25) is 0 Å². The van der Waals surface area contributed by atoms with E-state index in [1.165, 1.54) is 0 Å². The molecule has 1 N–H and O–H groups in total. The summed E-state index contributed by atoms with van der Waals surface area (Å²) in [5.41, 5.74) is 0. The van der Waals surface area contributed by atoms with Gasteiger partial charge in [-0.25, -0.2) is 9.63 Å². The monoisotopic (exact) mass is 139 g/mol. The van der Waals surface area contributed by atoms with Crippen LogP contribution < -0.4 is 0 Å². The van der Waals surface area contributed by atoms with E-state index in [-0.39, 0.29) is 59.1 Å². The Labute approximate surface area is 89.3 Å². The number of rotatable bonds is 1. The van der Waals surface area contributed by atoms with Crippen LogP contribution in [0.15, 0.2) is 5.34 Å². The average molecular weight is 139 g/mol. The molecule has 0 aliphatic heterocycles. The topological polar surface area (TPSA) is 76.0 Å². The van der Waals surface area contributed by atoms with Crippen LogP contribution in [0.3, 0.4) is 0 Å². The quantitative estimate of drug-likeness (QED) is 0.289. The van der Waals surface area contributed by atoms with E-state index >= 15 is 0 Å². The van der Waals surface area contributed by atoms with Crippen molar-refractivity contribution in [2.24, 2.45) is 5.34 Å². The summed E-state index contributed by atoms with van der Waals surface area (Å²) in [5, 5.41) is 8.98. The Balaban J connectivity index is -0.000000125. The Morgan fingerprint density at radius 3 is 1.88 bits per heavy atom. The minimum atomic E-state index is -1.69. The van der Waals surface area contributed by atoms with Crippen LogP contribution in [0.25, 0.3) is 0 Å². The normalized spacial score (nSPS) is 5.00. The molecule has 0 aliphatic rings. The minimum absolute atomic E-state index is 0. The van der Waals surface area contributed by atoms with Crippen LogP contribution in [0.4, 0.5) is 4.79 Å². The van der Waals surface area contributed by atoms with Crippen LogP contribution in [0.5, 0.6) is 0 Å². The number of carboxylic acid groups (broad SMARTS) is 1. The maximum absolute atomic E-state index is 9.08. The Morgan fingerprint density at radius 2 is 1.88 bits per heavy atom. The van der Waals surface area contributed by atoms with Crippen molar-refractivity contribution in [1.29, 1.82) is 0 Å². The summed E-state index contributed by atoms with van der Waals surface area (Å²) in [6, 6.07) is 0. The molecule has 0 aromatic carbocycles. The summed E-state index contributed by atoms with van der Waals surface area (Å²) >= 11 is 0. The van der Waals surface area contributed by atoms with Gasteiger partial charge in [0.25, 0.3) is 0 Å². The summed E-state index contributed by atoms with van der Waals surface area (Å²) in [5.74, 6) is 0. The van der Waals surface area contributed by atoms with E-state index in [0.29, 0.717) is 0 Å². The molecule has 0 heterocycles. The molecule has 0 spiro atoms. The average Bonchev–Trinajstić information content (AvgIpc) is 1.35. The standard InChI is InChI=1S/CHNO4.2Na.2H/c3-1(4)6-2-5;;;;/h(H,3,4);;;;. The first kappa shape index (κ1) is 15.9. The second-order valence-electron chi connectivity index (χ2n) is 0.432. The maximum atomic E-state index is 9.08. The summed E-state index contributed by atoms with van der Waals surface area (Å²) < 4.78 is 0. The van der Waals surface area contributed by atoms with Crippen molar-refractivity contribution >= 4 is 65.3 Å². The molecule has 0 aromatic heterocycles. The summed E-state index contributed by atoms with van der Waals surface area (Å²) in [7, 11) is 0. The molecule has 38 valence electrons.